The average Bonchev–Trinajstić information content (AvgIpc) is 2.41. The summed E-state index contributed by atoms with van der Waals surface area (Å²) in [7, 11) is 0. The van der Waals surface area contributed by atoms with Gasteiger partial charge in [-0.25, -0.2) is 4.39 Å². The third kappa shape index (κ3) is 3.12. The highest BCUT2D eigenvalue weighted by Gasteiger charge is 2.12. The summed E-state index contributed by atoms with van der Waals surface area (Å²) in [4.78, 5) is 10.5. The zero-order valence-corrected chi connectivity index (χ0v) is 11.3. The normalized spacial score (nSPS) is 11.9. The Morgan fingerprint density at radius 2 is 1.85 bits per heavy atom. The summed E-state index contributed by atoms with van der Waals surface area (Å²) in [5.41, 5.74) is 2.28. The molecular formula is C15H15FN2O2. The van der Waals surface area contributed by atoms with Gasteiger partial charge in [-0.15, -0.1) is 0 Å². The number of rotatable bonds is 4. The number of hydrogen-bond donors (Lipinski definition) is 1. The number of halogens is 1. The van der Waals surface area contributed by atoms with E-state index in [1.807, 2.05) is 6.92 Å². The van der Waals surface area contributed by atoms with E-state index in [-0.39, 0.29) is 17.5 Å². The van der Waals surface area contributed by atoms with Crippen LogP contribution in [0.4, 0.5) is 15.8 Å². The molecule has 4 nitrogen and oxygen atoms in total. The van der Waals surface area contributed by atoms with Crippen LogP contribution in [-0.4, -0.2) is 4.92 Å². The molecule has 0 aromatic heterocycles. The smallest absolute Gasteiger partial charge is 0.274 e. The predicted octanol–water partition coefficient (Wildman–Crippen LogP) is 4.22. The highest BCUT2D eigenvalue weighted by Crippen LogP contribution is 2.25. The quantitative estimate of drug-likeness (QED) is 0.671. The molecule has 0 aliphatic rings. The summed E-state index contributed by atoms with van der Waals surface area (Å²) in [6.07, 6.45) is 0. The van der Waals surface area contributed by atoms with Gasteiger partial charge < -0.3 is 5.32 Å². The lowest BCUT2D eigenvalue weighted by Crippen LogP contribution is -2.07. The summed E-state index contributed by atoms with van der Waals surface area (Å²) < 4.78 is 12.9. The number of benzene rings is 2. The van der Waals surface area contributed by atoms with Crippen molar-refractivity contribution in [1.82, 2.24) is 0 Å². The van der Waals surface area contributed by atoms with Crippen LogP contribution in [0, 0.1) is 22.9 Å². The summed E-state index contributed by atoms with van der Waals surface area (Å²) in [6, 6.07) is 11.1. The number of anilines is 1. The first-order valence-electron chi connectivity index (χ1n) is 6.24. The minimum Gasteiger partial charge on any atom is -0.378 e. The minimum atomic E-state index is -0.400. The SMILES string of the molecule is Cc1ccc(NC(C)c2ccc(F)cc2)cc1[N+](=O)[O-]. The summed E-state index contributed by atoms with van der Waals surface area (Å²) >= 11 is 0. The Morgan fingerprint density at radius 3 is 2.45 bits per heavy atom. The van der Waals surface area contributed by atoms with Crippen LogP contribution < -0.4 is 5.32 Å². The van der Waals surface area contributed by atoms with Crippen molar-refractivity contribution in [2.24, 2.45) is 0 Å². The van der Waals surface area contributed by atoms with Gasteiger partial charge in [0.2, 0.25) is 0 Å². The molecule has 1 N–H and O–H groups in total. The van der Waals surface area contributed by atoms with Crippen molar-refractivity contribution in [3.8, 4) is 0 Å². The van der Waals surface area contributed by atoms with Gasteiger partial charge >= 0.3 is 0 Å². The molecule has 0 saturated heterocycles. The van der Waals surface area contributed by atoms with Crippen molar-refractivity contribution in [2.75, 3.05) is 5.32 Å². The molecule has 0 radical (unpaired) electrons. The van der Waals surface area contributed by atoms with Crippen molar-refractivity contribution in [3.05, 3.63) is 69.5 Å². The largest absolute Gasteiger partial charge is 0.378 e. The Balaban J connectivity index is 2.19. The topological polar surface area (TPSA) is 55.2 Å². The second-order valence-electron chi connectivity index (χ2n) is 4.68. The molecule has 0 aliphatic heterocycles. The first-order valence-corrected chi connectivity index (χ1v) is 6.24. The van der Waals surface area contributed by atoms with Crippen molar-refractivity contribution in [2.45, 2.75) is 19.9 Å². The third-order valence-corrected chi connectivity index (χ3v) is 3.16. The van der Waals surface area contributed by atoms with E-state index in [0.717, 1.165) is 5.56 Å². The number of aryl methyl sites for hydroxylation is 1. The van der Waals surface area contributed by atoms with Gasteiger partial charge in [0.25, 0.3) is 5.69 Å². The van der Waals surface area contributed by atoms with Gasteiger partial charge in [0, 0.05) is 23.4 Å². The molecule has 2 rings (SSSR count). The van der Waals surface area contributed by atoms with E-state index in [9.17, 15) is 14.5 Å². The van der Waals surface area contributed by atoms with Crippen molar-refractivity contribution >= 4 is 11.4 Å². The lowest BCUT2D eigenvalue weighted by Gasteiger charge is -2.16. The number of nitrogens with one attached hydrogen (secondary N) is 1. The molecule has 0 heterocycles. The molecule has 2 aromatic carbocycles. The first kappa shape index (κ1) is 14.0. The van der Waals surface area contributed by atoms with E-state index in [4.69, 9.17) is 0 Å². The van der Waals surface area contributed by atoms with Gasteiger partial charge in [0.1, 0.15) is 5.82 Å². The Morgan fingerprint density at radius 1 is 1.20 bits per heavy atom. The molecule has 0 fully saturated rings. The molecule has 20 heavy (non-hydrogen) atoms. The van der Waals surface area contributed by atoms with E-state index in [2.05, 4.69) is 5.32 Å². The van der Waals surface area contributed by atoms with Crippen molar-refractivity contribution in [1.29, 1.82) is 0 Å². The van der Waals surface area contributed by atoms with Gasteiger partial charge in [-0.05, 0) is 37.6 Å². The summed E-state index contributed by atoms with van der Waals surface area (Å²) in [5.74, 6) is -0.285. The number of hydrogen-bond acceptors (Lipinski definition) is 3. The fraction of sp³-hybridized carbons (Fsp3) is 0.200. The fourth-order valence-corrected chi connectivity index (χ4v) is 1.98. The molecule has 1 atom stereocenters. The van der Waals surface area contributed by atoms with Crippen molar-refractivity contribution in [3.63, 3.8) is 0 Å². The molecule has 0 saturated carbocycles. The highest BCUT2D eigenvalue weighted by molar-refractivity contribution is 5.55. The monoisotopic (exact) mass is 274 g/mol. The van der Waals surface area contributed by atoms with Crippen LogP contribution in [0.5, 0.6) is 0 Å². The zero-order chi connectivity index (χ0) is 14.7. The number of nitro groups is 1. The minimum absolute atomic E-state index is 0.0714. The van der Waals surface area contributed by atoms with Gasteiger partial charge in [-0.1, -0.05) is 18.2 Å². The Labute approximate surface area is 116 Å². The molecule has 1 unspecified atom stereocenters. The van der Waals surface area contributed by atoms with Gasteiger partial charge in [-0.3, -0.25) is 10.1 Å². The van der Waals surface area contributed by atoms with Crippen LogP contribution in [0.1, 0.15) is 24.1 Å². The standard InChI is InChI=1S/C15H15FN2O2/c1-10-3-8-14(9-15(10)18(19)20)17-11(2)12-4-6-13(16)7-5-12/h3-9,11,17H,1-2H3. The average molecular weight is 274 g/mol. The lowest BCUT2D eigenvalue weighted by molar-refractivity contribution is -0.385. The molecular weight excluding hydrogens is 259 g/mol. The molecule has 0 amide bonds. The van der Waals surface area contributed by atoms with Crippen LogP contribution in [0.2, 0.25) is 0 Å². The zero-order valence-electron chi connectivity index (χ0n) is 11.3. The summed E-state index contributed by atoms with van der Waals surface area (Å²) in [6.45, 7) is 3.62. The molecule has 0 bridgehead atoms. The molecule has 2 aromatic rings. The Bertz CT molecular complexity index is 626. The maximum absolute atomic E-state index is 12.9. The second kappa shape index (κ2) is 5.69. The molecule has 0 spiro atoms. The van der Waals surface area contributed by atoms with Crippen LogP contribution in [0.25, 0.3) is 0 Å². The van der Waals surface area contributed by atoms with Crippen LogP contribution >= 0.6 is 0 Å². The van der Waals surface area contributed by atoms with E-state index in [1.165, 1.54) is 18.2 Å². The molecule has 5 heteroatoms. The van der Waals surface area contributed by atoms with Gasteiger partial charge in [0.05, 0.1) is 4.92 Å². The van der Waals surface area contributed by atoms with Crippen LogP contribution in [0.15, 0.2) is 42.5 Å². The molecule has 104 valence electrons. The van der Waals surface area contributed by atoms with E-state index < -0.39 is 4.92 Å². The first-order chi connectivity index (χ1) is 9.47. The molecule has 0 aliphatic carbocycles. The third-order valence-electron chi connectivity index (χ3n) is 3.16. The van der Waals surface area contributed by atoms with Crippen LogP contribution in [0.3, 0.4) is 0 Å². The summed E-state index contributed by atoms with van der Waals surface area (Å²) in [5, 5.41) is 14.1. The highest BCUT2D eigenvalue weighted by atomic mass is 19.1. The van der Waals surface area contributed by atoms with E-state index in [0.29, 0.717) is 11.3 Å². The Hall–Kier alpha value is -2.43. The van der Waals surface area contributed by atoms with Crippen LogP contribution in [-0.2, 0) is 0 Å². The lowest BCUT2D eigenvalue weighted by atomic mass is 10.1. The number of nitro benzene ring substituents is 1. The fourth-order valence-electron chi connectivity index (χ4n) is 1.98. The maximum Gasteiger partial charge on any atom is 0.274 e. The number of nitrogens with zero attached hydrogens (tertiary/aromatic N) is 1. The second-order valence-corrected chi connectivity index (χ2v) is 4.68. The maximum atomic E-state index is 12.9. The van der Waals surface area contributed by atoms with E-state index >= 15 is 0 Å². The Kier molecular flexibility index (Phi) is 3.98. The van der Waals surface area contributed by atoms with Gasteiger partial charge in [-0.2, -0.15) is 0 Å². The predicted molar refractivity (Wildman–Crippen MR) is 76.3 cm³/mol. The van der Waals surface area contributed by atoms with Gasteiger partial charge in [0.15, 0.2) is 0 Å². The van der Waals surface area contributed by atoms with E-state index in [1.54, 1.807) is 31.2 Å². The van der Waals surface area contributed by atoms with Crippen molar-refractivity contribution < 1.29 is 9.31 Å².